The molecule has 100 valence electrons. The molecule has 0 heterocycles. The van der Waals surface area contributed by atoms with Crippen LogP contribution in [-0.2, 0) is 0 Å². The summed E-state index contributed by atoms with van der Waals surface area (Å²) in [5, 5.41) is 6.21. The van der Waals surface area contributed by atoms with E-state index < -0.39 is 0 Å². The number of hydrogen-bond donors (Lipinski definition) is 1. The predicted octanol–water partition coefficient (Wildman–Crippen LogP) is 3.34. The van der Waals surface area contributed by atoms with Crippen LogP contribution in [0.5, 0.6) is 0 Å². The van der Waals surface area contributed by atoms with Crippen LogP contribution in [0.15, 0.2) is 36.4 Å². The number of benzene rings is 2. The third-order valence-corrected chi connectivity index (χ3v) is 3.88. The maximum Gasteiger partial charge on any atom is 0.0370 e. The van der Waals surface area contributed by atoms with E-state index in [9.17, 15) is 0 Å². The highest BCUT2D eigenvalue weighted by Crippen LogP contribution is 2.22. The van der Waals surface area contributed by atoms with Crippen molar-refractivity contribution in [2.45, 2.75) is 25.8 Å². The average molecular weight is 254 g/mol. The second kappa shape index (κ2) is 5.22. The number of nitrogens with one attached hydrogen (secondary N) is 1. The van der Waals surface area contributed by atoms with Crippen molar-refractivity contribution in [1.82, 2.24) is 5.32 Å². The highest BCUT2D eigenvalue weighted by molar-refractivity contribution is 5.86. The molecular formula is C17H22N2. The normalized spacial score (nSPS) is 14.8. The lowest BCUT2D eigenvalue weighted by molar-refractivity contribution is 0.675. The van der Waals surface area contributed by atoms with Gasteiger partial charge in [-0.05, 0) is 42.7 Å². The number of rotatable bonds is 5. The summed E-state index contributed by atoms with van der Waals surface area (Å²) in [6.45, 7) is 4.28. The number of aryl methyl sites for hydroxylation is 1. The van der Waals surface area contributed by atoms with Gasteiger partial charge in [0.05, 0.1) is 0 Å². The summed E-state index contributed by atoms with van der Waals surface area (Å²) in [5.41, 5.74) is 2.62. The lowest BCUT2D eigenvalue weighted by Crippen LogP contribution is -2.30. The fourth-order valence-electron chi connectivity index (χ4n) is 2.44. The van der Waals surface area contributed by atoms with Crippen molar-refractivity contribution < 1.29 is 0 Å². The van der Waals surface area contributed by atoms with Crippen molar-refractivity contribution in [1.29, 1.82) is 0 Å². The van der Waals surface area contributed by atoms with E-state index >= 15 is 0 Å². The number of anilines is 1. The molecule has 0 aromatic heterocycles. The largest absolute Gasteiger partial charge is 0.373 e. The molecule has 1 fully saturated rings. The lowest BCUT2D eigenvalue weighted by Gasteiger charge is -2.20. The van der Waals surface area contributed by atoms with Crippen LogP contribution in [0.4, 0.5) is 5.69 Å². The van der Waals surface area contributed by atoms with Crippen molar-refractivity contribution in [3.05, 3.63) is 42.0 Å². The third-order valence-electron chi connectivity index (χ3n) is 3.88. The zero-order chi connectivity index (χ0) is 13.2. The highest BCUT2D eigenvalue weighted by atomic mass is 15.1. The molecule has 0 aliphatic heterocycles. The van der Waals surface area contributed by atoms with Gasteiger partial charge in [0.25, 0.3) is 0 Å². The standard InChI is InChI=1S/C17H22N2/c1-13-3-4-15-12-17(8-5-14(15)11-13)19(2)10-9-18-16-6-7-16/h3-5,8,11-12,16,18H,6-7,9-10H2,1-2H3. The second-order valence-electron chi connectivity index (χ2n) is 5.68. The van der Waals surface area contributed by atoms with Gasteiger partial charge in [0.2, 0.25) is 0 Å². The van der Waals surface area contributed by atoms with E-state index in [4.69, 9.17) is 0 Å². The highest BCUT2D eigenvalue weighted by Gasteiger charge is 2.19. The van der Waals surface area contributed by atoms with Crippen molar-refractivity contribution in [2.75, 3.05) is 25.0 Å². The Morgan fingerprint density at radius 2 is 1.84 bits per heavy atom. The van der Waals surface area contributed by atoms with E-state index in [0.717, 1.165) is 19.1 Å². The molecule has 0 atom stereocenters. The molecule has 0 unspecified atom stereocenters. The first kappa shape index (κ1) is 12.5. The van der Waals surface area contributed by atoms with Gasteiger partial charge in [-0.3, -0.25) is 0 Å². The molecule has 0 saturated heterocycles. The number of likely N-dealkylation sites (N-methyl/N-ethyl adjacent to an activating group) is 1. The van der Waals surface area contributed by atoms with E-state index in [1.807, 2.05) is 0 Å². The van der Waals surface area contributed by atoms with Gasteiger partial charge in [0.15, 0.2) is 0 Å². The molecule has 19 heavy (non-hydrogen) atoms. The van der Waals surface area contributed by atoms with Gasteiger partial charge in [-0.15, -0.1) is 0 Å². The molecule has 1 saturated carbocycles. The summed E-state index contributed by atoms with van der Waals surface area (Å²) in [7, 11) is 2.17. The van der Waals surface area contributed by atoms with Crippen LogP contribution < -0.4 is 10.2 Å². The first-order valence-corrected chi connectivity index (χ1v) is 7.17. The summed E-state index contributed by atoms with van der Waals surface area (Å²) < 4.78 is 0. The van der Waals surface area contributed by atoms with Gasteiger partial charge in [0.1, 0.15) is 0 Å². The van der Waals surface area contributed by atoms with Gasteiger partial charge in [0, 0.05) is 31.9 Å². The molecule has 0 spiro atoms. The quantitative estimate of drug-likeness (QED) is 0.880. The van der Waals surface area contributed by atoms with Crippen molar-refractivity contribution >= 4 is 16.5 Å². The van der Waals surface area contributed by atoms with Crippen molar-refractivity contribution in [3.63, 3.8) is 0 Å². The predicted molar refractivity (Wildman–Crippen MR) is 83.0 cm³/mol. The minimum absolute atomic E-state index is 0.799. The smallest absolute Gasteiger partial charge is 0.0370 e. The topological polar surface area (TPSA) is 15.3 Å². The maximum atomic E-state index is 3.56. The minimum Gasteiger partial charge on any atom is -0.373 e. The second-order valence-corrected chi connectivity index (χ2v) is 5.68. The number of nitrogens with zero attached hydrogens (tertiary/aromatic N) is 1. The summed E-state index contributed by atoms with van der Waals surface area (Å²) >= 11 is 0. The Labute approximate surface area is 115 Å². The minimum atomic E-state index is 0.799. The molecule has 2 aromatic rings. The van der Waals surface area contributed by atoms with Crippen LogP contribution in [0.25, 0.3) is 10.8 Å². The molecule has 2 nitrogen and oxygen atoms in total. The molecule has 0 bridgehead atoms. The molecule has 2 aromatic carbocycles. The summed E-state index contributed by atoms with van der Waals surface area (Å²) in [6, 6.07) is 14.2. The van der Waals surface area contributed by atoms with E-state index in [0.29, 0.717) is 0 Å². The monoisotopic (exact) mass is 254 g/mol. The fourth-order valence-corrected chi connectivity index (χ4v) is 2.44. The summed E-state index contributed by atoms with van der Waals surface area (Å²) in [4.78, 5) is 2.33. The van der Waals surface area contributed by atoms with Gasteiger partial charge in [-0.25, -0.2) is 0 Å². The van der Waals surface area contributed by atoms with Gasteiger partial charge >= 0.3 is 0 Å². The van der Waals surface area contributed by atoms with Gasteiger partial charge < -0.3 is 10.2 Å². The SMILES string of the molecule is Cc1ccc2cc(N(C)CCNC3CC3)ccc2c1. The van der Waals surface area contributed by atoms with Gasteiger partial charge in [-0.1, -0.05) is 29.8 Å². The Bertz CT molecular complexity index is 572. The van der Waals surface area contributed by atoms with Crippen LogP contribution >= 0.6 is 0 Å². The third kappa shape index (κ3) is 3.07. The van der Waals surface area contributed by atoms with Gasteiger partial charge in [-0.2, -0.15) is 0 Å². The summed E-state index contributed by atoms with van der Waals surface area (Å²) in [6.07, 6.45) is 2.72. The Morgan fingerprint density at radius 1 is 1.11 bits per heavy atom. The molecule has 0 radical (unpaired) electrons. The van der Waals surface area contributed by atoms with E-state index in [2.05, 4.69) is 60.6 Å². The van der Waals surface area contributed by atoms with Crippen LogP contribution in [0.1, 0.15) is 18.4 Å². The maximum absolute atomic E-state index is 3.56. The zero-order valence-corrected chi connectivity index (χ0v) is 11.8. The molecule has 1 aliphatic carbocycles. The first-order valence-electron chi connectivity index (χ1n) is 7.17. The molecule has 3 rings (SSSR count). The Kier molecular flexibility index (Phi) is 3.43. The number of fused-ring (bicyclic) bond motifs is 1. The van der Waals surface area contributed by atoms with Crippen LogP contribution in [-0.4, -0.2) is 26.2 Å². The Hall–Kier alpha value is -1.54. The Balaban J connectivity index is 1.70. The van der Waals surface area contributed by atoms with E-state index in [1.54, 1.807) is 0 Å². The first-order chi connectivity index (χ1) is 9.22. The molecule has 1 aliphatic rings. The zero-order valence-electron chi connectivity index (χ0n) is 11.8. The molecule has 2 heteroatoms. The lowest BCUT2D eigenvalue weighted by atomic mass is 10.1. The van der Waals surface area contributed by atoms with Crippen LogP contribution in [0, 0.1) is 6.92 Å². The average Bonchev–Trinajstić information content (AvgIpc) is 3.22. The molecule has 1 N–H and O–H groups in total. The van der Waals surface area contributed by atoms with Crippen molar-refractivity contribution in [3.8, 4) is 0 Å². The summed E-state index contributed by atoms with van der Waals surface area (Å²) in [5.74, 6) is 0. The van der Waals surface area contributed by atoms with E-state index in [-0.39, 0.29) is 0 Å². The molecular weight excluding hydrogens is 232 g/mol. The fraction of sp³-hybridized carbons (Fsp3) is 0.412. The van der Waals surface area contributed by atoms with E-state index in [1.165, 1.54) is 34.9 Å². The Morgan fingerprint density at radius 3 is 2.63 bits per heavy atom. The van der Waals surface area contributed by atoms with Crippen LogP contribution in [0.3, 0.4) is 0 Å². The van der Waals surface area contributed by atoms with Crippen LogP contribution in [0.2, 0.25) is 0 Å². The van der Waals surface area contributed by atoms with Crippen molar-refractivity contribution in [2.24, 2.45) is 0 Å². The molecule has 0 amide bonds. The number of hydrogen-bond acceptors (Lipinski definition) is 2.